The van der Waals surface area contributed by atoms with Crippen LogP contribution in [0.2, 0.25) is 10.0 Å². The number of nitrogens with zero attached hydrogens (tertiary/aromatic N) is 1. The van der Waals surface area contributed by atoms with Crippen LogP contribution in [-0.4, -0.2) is 10.1 Å². The Hall–Kier alpha value is -1.49. The topological polar surface area (TPSA) is 68.4 Å². The van der Waals surface area contributed by atoms with Gasteiger partial charge >= 0.3 is 0 Å². The molecule has 0 aliphatic heterocycles. The maximum absolute atomic E-state index is 9.19. The van der Waals surface area contributed by atoms with Gasteiger partial charge in [-0.15, -0.1) is 0 Å². The highest BCUT2D eigenvalue weighted by Gasteiger charge is 2.11. The van der Waals surface area contributed by atoms with E-state index in [-0.39, 0.29) is 28.3 Å². The lowest BCUT2D eigenvalue weighted by atomic mass is 10.2. The molecule has 6 heteroatoms. The summed E-state index contributed by atoms with van der Waals surface area (Å²) in [5.41, 5.74) is 6.21. The van der Waals surface area contributed by atoms with Gasteiger partial charge in [0.05, 0.1) is 11.6 Å². The van der Waals surface area contributed by atoms with Crippen molar-refractivity contribution in [2.24, 2.45) is 0 Å². The molecule has 0 amide bonds. The predicted octanol–water partition coefficient (Wildman–Crippen LogP) is 3.26. The molecule has 0 fully saturated rings. The highest BCUT2D eigenvalue weighted by Crippen LogP contribution is 2.33. The molecule has 0 radical (unpaired) electrons. The Morgan fingerprint density at radius 1 is 1.22 bits per heavy atom. The number of hydrogen-bond acceptors (Lipinski definition) is 4. The first kappa shape index (κ1) is 13.0. The van der Waals surface area contributed by atoms with E-state index in [1.807, 2.05) is 0 Å². The number of aromatic nitrogens is 1. The van der Waals surface area contributed by atoms with Crippen LogP contribution in [0.5, 0.6) is 11.6 Å². The maximum Gasteiger partial charge on any atom is 0.240 e. The lowest BCUT2D eigenvalue weighted by Gasteiger charge is -2.10. The Labute approximate surface area is 114 Å². The van der Waals surface area contributed by atoms with Crippen molar-refractivity contribution >= 4 is 29.0 Å². The zero-order chi connectivity index (χ0) is 13.1. The van der Waals surface area contributed by atoms with Crippen LogP contribution < -0.4 is 10.5 Å². The minimum Gasteiger partial charge on any atom is -0.437 e. The zero-order valence-electron chi connectivity index (χ0n) is 9.23. The third kappa shape index (κ3) is 2.67. The van der Waals surface area contributed by atoms with Crippen molar-refractivity contribution in [1.29, 1.82) is 0 Å². The molecule has 94 valence electrons. The summed E-state index contributed by atoms with van der Waals surface area (Å²) in [6, 6.07) is 8.48. The fourth-order valence-corrected chi connectivity index (χ4v) is 1.77. The fraction of sp³-hybridized carbons (Fsp3) is 0.0833. The normalized spacial score (nSPS) is 10.4. The molecule has 0 unspecified atom stereocenters. The van der Waals surface area contributed by atoms with E-state index in [4.69, 9.17) is 33.7 Å². The van der Waals surface area contributed by atoms with Gasteiger partial charge in [-0.05, 0) is 12.1 Å². The fourth-order valence-electron chi connectivity index (χ4n) is 1.37. The first-order valence-corrected chi connectivity index (χ1v) is 5.85. The summed E-state index contributed by atoms with van der Waals surface area (Å²) in [5.74, 6) is 0.758. The summed E-state index contributed by atoms with van der Waals surface area (Å²) in [5, 5.41) is 9.70. The summed E-state index contributed by atoms with van der Waals surface area (Å²) in [6.45, 7) is -0.142. The van der Waals surface area contributed by atoms with Crippen molar-refractivity contribution in [2.75, 3.05) is 5.73 Å². The number of halogens is 2. The molecule has 1 aromatic carbocycles. The third-order valence-corrected chi connectivity index (χ3v) is 2.85. The van der Waals surface area contributed by atoms with E-state index >= 15 is 0 Å². The standard InChI is InChI=1S/C12H10Cl2N2O2/c13-8-5-9(14)12(16-11(8)15)18-10-4-2-1-3-7(10)6-17/h1-5,17H,6H2,(H2,15,16). The number of rotatable bonds is 3. The molecule has 0 saturated heterocycles. The van der Waals surface area contributed by atoms with Gasteiger partial charge in [-0.2, -0.15) is 4.98 Å². The number of aliphatic hydroxyl groups excluding tert-OH is 1. The molecule has 0 aliphatic rings. The van der Waals surface area contributed by atoms with Crippen LogP contribution in [0.1, 0.15) is 5.56 Å². The average Bonchev–Trinajstić information content (AvgIpc) is 2.36. The van der Waals surface area contributed by atoms with Crippen molar-refractivity contribution in [3.63, 3.8) is 0 Å². The van der Waals surface area contributed by atoms with E-state index in [1.165, 1.54) is 6.07 Å². The number of anilines is 1. The van der Waals surface area contributed by atoms with Gasteiger partial charge in [0.15, 0.2) is 0 Å². The smallest absolute Gasteiger partial charge is 0.240 e. The average molecular weight is 285 g/mol. The highest BCUT2D eigenvalue weighted by molar-refractivity contribution is 6.36. The summed E-state index contributed by atoms with van der Waals surface area (Å²) in [7, 11) is 0. The second kappa shape index (κ2) is 5.44. The van der Waals surface area contributed by atoms with Crippen molar-refractivity contribution < 1.29 is 9.84 Å². The Morgan fingerprint density at radius 2 is 1.94 bits per heavy atom. The van der Waals surface area contributed by atoms with Crippen molar-refractivity contribution in [3.05, 3.63) is 45.9 Å². The number of benzene rings is 1. The Bertz CT molecular complexity index is 576. The molecule has 0 saturated carbocycles. The number of hydrogen-bond donors (Lipinski definition) is 2. The Balaban J connectivity index is 2.37. The van der Waals surface area contributed by atoms with E-state index in [1.54, 1.807) is 24.3 Å². The predicted molar refractivity (Wildman–Crippen MR) is 71.1 cm³/mol. The zero-order valence-corrected chi connectivity index (χ0v) is 10.7. The molecule has 2 rings (SSSR count). The molecule has 4 nitrogen and oxygen atoms in total. The molecule has 0 bridgehead atoms. The number of para-hydroxylation sites is 1. The molecule has 0 aliphatic carbocycles. The van der Waals surface area contributed by atoms with Crippen LogP contribution >= 0.6 is 23.2 Å². The van der Waals surface area contributed by atoms with Crippen LogP contribution in [-0.2, 0) is 6.61 Å². The first-order chi connectivity index (χ1) is 8.61. The van der Waals surface area contributed by atoms with Gasteiger partial charge in [-0.3, -0.25) is 0 Å². The second-order valence-electron chi connectivity index (χ2n) is 3.51. The lowest BCUT2D eigenvalue weighted by Crippen LogP contribution is -1.97. The van der Waals surface area contributed by atoms with Crippen LogP contribution in [0.15, 0.2) is 30.3 Å². The lowest BCUT2D eigenvalue weighted by molar-refractivity contribution is 0.276. The summed E-state index contributed by atoms with van der Waals surface area (Å²) >= 11 is 11.7. The Kier molecular flexibility index (Phi) is 3.91. The van der Waals surface area contributed by atoms with Gasteiger partial charge in [0.25, 0.3) is 0 Å². The number of nitrogen functional groups attached to an aromatic ring is 1. The number of pyridine rings is 1. The second-order valence-corrected chi connectivity index (χ2v) is 4.32. The largest absolute Gasteiger partial charge is 0.437 e. The van der Waals surface area contributed by atoms with Crippen molar-refractivity contribution in [1.82, 2.24) is 4.98 Å². The van der Waals surface area contributed by atoms with E-state index in [0.717, 1.165) is 0 Å². The van der Waals surface area contributed by atoms with E-state index in [2.05, 4.69) is 4.98 Å². The van der Waals surface area contributed by atoms with Gasteiger partial charge < -0.3 is 15.6 Å². The first-order valence-electron chi connectivity index (χ1n) is 5.10. The SMILES string of the molecule is Nc1nc(Oc2ccccc2CO)c(Cl)cc1Cl. The van der Waals surface area contributed by atoms with Crippen LogP contribution in [0, 0.1) is 0 Å². The van der Waals surface area contributed by atoms with Gasteiger partial charge in [0.2, 0.25) is 5.88 Å². The van der Waals surface area contributed by atoms with Gasteiger partial charge in [-0.25, -0.2) is 0 Å². The Morgan fingerprint density at radius 3 is 2.67 bits per heavy atom. The van der Waals surface area contributed by atoms with E-state index in [0.29, 0.717) is 11.3 Å². The third-order valence-electron chi connectivity index (χ3n) is 2.27. The quantitative estimate of drug-likeness (QED) is 0.908. The summed E-state index contributed by atoms with van der Waals surface area (Å²) in [6.07, 6.45) is 0. The summed E-state index contributed by atoms with van der Waals surface area (Å²) < 4.78 is 5.53. The van der Waals surface area contributed by atoms with Crippen molar-refractivity contribution in [3.8, 4) is 11.6 Å². The van der Waals surface area contributed by atoms with Crippen LogP contribution in [0.4, 0.5) is 5.82 Å². The van der Waals surface area contributed by atoms with E-state index in [9.17, 15) is 5.11 Å². The molecule has 0 atom stereocenters. The van der Waals surface area contributed by atoms with Gasteiger partial charge in [0, 0.05) is 5.56 Å². The number of nitrogens with two attached hydrogens (primary N) is 1. The van der Waals surface area contributed by atoms with Crippen LogP contribution in [0.3, 0.4) is 0 Å². The molecular formula is C12H10Cl2N2O2. The molecule has 2 aromatic rings. The number of aliphatic hydroxyl groups is 1. The minimum absolute atomic E-state index is 0.137. The maximum atomic E-state index is 9.19. The van der Waals surface area contributed by atoms with Gasteiger partial charge in [-0.1, -0.05) is 41.4 Å². The molecule has 1 aromatic heterocycles. The van der Waals surface area contributed by atoms with E-state index < -0.39 is 0 Å². The number of ether oxygens (including phenoxy) is 1. The summed E-state index contributed by atoms with van der Waals surface area (Å²) in [4.78, 5) is 3.95. The molecule has 1 heterocycles. The highest BCUT2D eigenvalue weighted by atomic mass is 35.5. The monoisotopic (exact) mass is 284 g/mol. The van der Waals surface area contributed by atoms with Gasteiger partial charge in [0.1, 0.15) is 16.6 Å². The molecule has 18 heavy (non-hydrogen) atoms. The molecular weight excluding hydrogens is 275 g/mol. The van der Waals surface area contributed by atoms with Crippen LogP contribution in [0.25, 0.3) is 0 Å². The minimum atomic E-state index is -0.142. The molecule has 0 spiro atoms. The van der Waals surface area contributed by atoms with Crippen molar-refractivity contribution in [2.45, 2.75) is 6.61 Å². The molecule has 3 N–H and O–H groups in total.